The van der Waals surface area contributed by atoms with Crippen molar-refractivity contribution in [3.05, 3.63) is 64.7 Å². The lowest BCUT2D eigenvalue weighted by Gasteiger charge is -2.13. The molecular weight excluding hydrogens is 303 g/mol. The second kappa shape index (κ2) is 6.18. The van der Waals surface area contributed by atoms with E-state index in [0.717, 1.165) is 6.07 Å². The molecule has 2 rings (SSSR count). The first kappa shape index (κ1) is 15.4. The highest BCUT2D eigenvalue weighted by molar-refractivity contribution is 6.30. The Balaban J connectivity index is 2.11. The van der Waals surface area contributed by atoms with E-state index in [1.54, 1.807) is 24.3 Å². The van der Waals surface area contributed by atoms with Gasteiger partial charge in [-0.2, -0.15) is 13.2 Å². The maximum Gasteiger partial charge on any atom is 0.418 e. The van der Waals surface area contributed by atoms with E-state index in [-0.39, 0.29) is 12.1 Å². The van der Waals surface area contributed by atoms with E-state index in [2.05, 4.69) is 5.32 Å². The Morgan fingerprint density at radius 2 is 1.67 bits per heavy atom. The third-order valence-electron chi connectivity index (χ3n) is 2.78. The molecule has 6 heteroatoms. The number of nitrogens with one attached hydrogen (secondary N) is 1. The van der Waals surface area contributed by atoms with Crippen molar-refractivity contribution < 1.29 is 18.0 Å². The third-order valence-corrected chi connectivity index (χ3v) is 3.04. The van der Waals surface area contributed by atoms with E-state index in [9.17, 15) is 18.0 Å². The summed E-state index contributed by atoms with van der Waals surface area (Å²) >= 11 is 5.72. The van der Waals surface area contributed by atoms with Crippen LogP contribution in [0.15, 0.2) is 48.5 Å². The molecule has 21 heavy (non-hydrogen) atoms. The fourth-order valence-electron chi connectivity index (χ4n) is 1.82. The molecule has 0 aromatic heterocycles. The lowest BCUT2D eigenvalue weighted by molar-refractivity contribution is -0.137. The smallest absolute Gasteiger partial charge is 0.325 e. The van der Waals surface area contributed by atoms with Gasteiger partial charge in [-0.1, -0.05) is 35.9 Å². The van der Waals surface area contributed by atoms with Crippen molar-refractivity contribution in [2.24, 2.45) is 0 Å². The van der Waals surface area contributed by atoms with Crippen molar-refractivity contribution in [2.75, 3.05) is 5.32 Å². The summed E-state index contributed by atoms with van der Waals surface area (Å²) in [5.74, 6) is -0.519. The fraction of sp³-hybridized carbons (Fsp3) is 0.133. The van der Waals surface area contributed by atoms with Crippen molar-refractivity contribution >= 4 is 23.2 Å². The average Bonchev–Trinajstić information content (AvgIpc) is 2.41. The van der Waals surface area contributed by atoms with Crippen LogP contribution in [0.5, 0.6) is 0 Å². The Kier molecular flexibility index (Phi) is 4.53. The van der Waals surface area contributed by atoms with Gasteiger partial charge in [0.2, 0.25) is 5.91 Å². The standard InChI is InChI=1S/C15H11ClF3NO/c16-11-7-5-10(6-8-11)9-14(21)20-13-4-2-1-3-12(13)15(17,18)19/h1-8H,9H2,(H,20,21). The number of alkyl halides is 3. The molecular formula is C15H11ClF3NO. The Morgan fingerprint density at radius 3 is 2.29 bits per heavy atom. The summed E-state index contributed by atoms with van der Waals surface area (Å²) in [7, 11) is 0. The van der Waals surface area contributed by atoms with E-state index in [1.807, 2.05) is 0 Å². The Morgan fingerprint density at radius 1 is 1.05 bits per heavy atom. The first-order chi connectivity index (χ1) is 9.86. The van der Waals surface area contributed by atoms with Crippen molar-refractivity contribution in [2.45, 2.75) is 12.6 Å². The molecule has 110 valence electrons. The molecule has 0 unspecified atom stereocenters. The van der Waals surface area contributed by atoms with Gasteiger partial charge >= 0.3 is 6.18 Å². The van der Waals surface area contributed by atoms with Gasteiger partial charge in [-0.3, -0.25) is 4.79 Å². The Labute approximate surface area is 124 Å². The SMILES string of the molecule is O=C(Cc1ccc(Cl)cc1)Nc1ccccc1C(F)(F)F. The van der Waals surface area contributed by atoms with Crippen molar-refractivity contribution in [1.82, 2.24) is 0 Å². The zero-order valence-corrected chi connectivity index (χ0v) is 11.5. The predicted molar refractivity (Wildman–Crippen MR) is 75.2 cm³/mol. The summed E-state index contributed by atoms with van der Waals surface area (Å²) in [6, 6.07) is 11.4. The molecule has 0 radical (unpaired) electrons. The minimum atomic E-state index is -4.51. The second-order valence-electron chi connectivity index (χ2n) is 4.39. The van der Waals surface area contributed by atoms with Crippen LogP contribution in [-0.4, -0.2) is 5.91 Å². The van der Waals surface area contributed by atoms with Gasteiger partial charge in [0.05, 0.1) is 17.7 Å². The van der Waals surface area contributed by atoms with Crippen molar-refractivity contribution in [3.8, 4) is 0 Å². The van der Waals surface area contributed by atoms with Gasteiger partial charge in [-0.25, -0.2) is 0 Å². The molecule has 0 heterocycles. The molecule has 2 aromatic rings. The minimum Gasteiger partial charge on any atom is -0.325 e. The van der Waals surface area contributed by atoms with E-state index < -0.39 is 17.6 Å². The van der Waals surface area contributed by atoms with Crippen molar-refractivity contribution in [1.29, 1.82) is 0 Å². The molecule has 0 saturated heterocycles. The minimum absolute atomic E-state index is 0.0244. The quantitative estimate of drug-likeness (QED) is 0.885. The van der Waals surface area contributed by atoms with Gasteiger partial charge in [0, 0.05) is 5.02 Å². The molecule has 1 N–H and O–H groups in total. The molecule has 0 aliphatic heterocycles. The molecule has 0 bridgehead atoms. The maximum atomic E-state index is 12.8. The fourth-order valence-corrected chi connectivity index (χ4v) is 1.95. The first-order valence-electron chi connectivity index (χ1n) is 6.07. The molecule has 2 nitrogen and oxygen atoms in total. The van der Waals surface area contributed by atoms with Crippen LogP contribution in [0, 0.1) is 0 Å². The number of halogens is 4. The zero-order valence-electron chi connectivity index (χ0n) is 10.7. The summed E-state index contributed by atoms with van der Waals surface area (Å²) < 4.78 is 38.4. The second-order valence-corrected chi connectivity index (χ2v) is 4.83. The van der Waals surface area contributed by atoms with E-state index >= 15 is 0 Å². The Hall–Kier alpha value is -2.01. The van der Waals surface area contributed by atoms with Crippen LogP contribution in [0.4, 0.5) is 18.9 Å². The lowest BCUT2D eigenvalue weighted by atomic mass is 10.1. The van der Waals surface area contributed by atoms with Crippen LogP contribution in [0.25, 0.3) is 0 Å². The molecule has 0 spiro atoms. The van der Waals surface area contributed by atoms with Crippen molar-refractivity contribution in [3.63, 3.8) is 0 Å². The number of hydrogen-bond acceptors (Lipinski definition) is 1. The topological polar surface area (TPSA) is 29.1 Å². The highest BCUT2D eigenvalue weighted by Gasteiger charge is 2.33. The summed E-state index contributed by atoms with van der Waals surface area (Å²) in [4.78, 5) is 11.8. The number of para-hydroxylation sites is 1. The summed E-state index contributed by atoms with van der Waals surface area (Å²) in [6.45, 7) is 0. The highest BCUT2D eigenvalue weighted by Crippen LogP contribution is 2.34. The monoisotopic (exact) mass is 313 g/mol. The van der Waals surface area contributed by atoms with Gasteiger partial charge in [-0.15, -0.1) is 0 Å². The van der Waals surface area contributed by atoms with E-state index in [1.165, 1.54) is 18.2 Å². The van der Waals surface area contributed by atoms with Gasteiger partial charge in [0.25, 0.3) is 0 Å². The lowest BCUT2D eigenvalue weighted by Crippen LogP contribution is -2.18. The maximum absolute atomic E-state index is 12.8. The first-order valence-corrected chi connectivity index (χ1v) is 6.44. The largest absolute Gasteiger partial charge is 0.418 e. The highest BCUT2D eigenvalue weighted by atomic mass is 35.5. The Bertz CT molecular complexity index is 638. The average molecular weight is 314 g/mol. The van der Waals surface area contributed by atoms with Crippen LogP contribution in [0.2, 0.25) is 5.02 Å². The van der Waals surface area contributed by atoms with Crippen LogP contribution in [-0.2, 0) is 17.4 Å². The van der Waals surface area contributed by atoms with Gasteiger partial charge in [0.15, 0.2) is 0 Å². The normalized spacial score (nSPS) is 11.2. The van der Waals surface area contributed by atoms with Crippen LogP contribution >= 0.6 is 11.6 Å². The number of rotatable bonds is 3. The molecule has 0 aliphatic rings. The molecule has 0 aliphatic carbocycles. The molecule has 2 aromatic carbocycles. The molecule has 0 saturated carbocycles. The molecule has 0 fully saturated rings. The summed E-state index contributed by atoms with van der Waals surface area (Å²) in [6.07, 6.45) is -4.53. The number of benzene rings is 2. The summed E-state index contributed by atoms with van der Waals surface area (Å²) in [5, 5.41) is 2.82. The number of anilines is 1. The van der Waals surface area contributed by atoms with E-state index in [0.29, 0.717) is 10.6 Å². The number of hydrogen-bond donors (Lipinski definition) is 1. The van der Waals surface area contributed by atoms with Crippen LogP contribution in [0.1, 0.15) is 11.1 Å². The third kappa shape index (κ3) is 4.23. The molecule has 0 atom stereocenters. The van der Waals surface area contributed by atoms with Gasteiger partial charge in [0.1, 0.15) is 0 Å². The number of amides is 1. The predicted octanol–water partition coefficient (Wildman–Crippen LogP) is 4.54. The number of carbonyl (C=O) groups excluding carboxylic acids is 1. The summed E-state index contributed by atoms with van der Waals surface area (Å²) in [5.41, 5.74) is -0.445. The molecule has 1 amide bonds. The van der Waals surface area contributed by atoms with E-state index in [4.69, 9.17) is 11.6 Å². The van der Waals surface area contributed by atoms with Crippen LogP contribution < -0.4 is 5.32 Å². The van der Waals surface area contributed by atoms with Crippen LogP contribution in [0.3, 0.4) is 0 Å². The zero-order chi connectivity index (χ0) is 15.5. The number of carbonyl (C=O) groups is 1. The van der Waals surface area contributed by atoms with Gasteiger partial charge in [-0.05, 0) is 29.8 Å². The van der Waals surface area contributed by atoms with Gasteiger partial charge < -0.3 is 5.32 Å².